The highest BCUT2D eigenvalue weighted by Gasteiger charge is 2.30. The van der Waals surface area contributed by atoms with Crippen LogP contribution in [-0.2, 0) is 4.74 Å². The molecule has 0 spiro atoms. The second-order valence-electron chi connectivity index (χ2n) is 7.06. The van der Waals surface area contributed by atoms with Crippen LogP contribution < -0.4 is 5.32 Å². The maximum absolute atomic E-state index is 13.1. The highest BCUT2D eigenvalue weighted by molar-refractivity contribution is 6.01. The van der Waals surface area contributed by atoms with E-state index in [1.165, 1.54) is 12.8 Å². The molecule has 1 N–H and O–H groups in total. The number of fused-ring (bicyclic) bond motifs is 1. The van der Waals surface area contributed by atoms with Crippen LogP contribution in [0.15, 0.2) is 36.7 Å². The first kappa shape index (κ1) is 16.3. The van der Waals surface area contributed by atoms with Crippen LogP contribution in [0.2, 0.25) is 0 Å². The number of anilines is 1. The molecule has 25 heavy (non-hydrogen) atoms. The van der Waals surface area contributed by atoms with E-state index in [0.717, 1.165) is 48.8 Å². The fourth-order valence-corrected chi connectivity index (χ4v) is 4.04. The third kappa shape index (κ3) is 3.61. The molecule has 1 aliphatic carbocycles. The zero-order chi connectivity index (χ0) is 17.1. The fourth-order valence-electron chi connectivity index (χ4n) is 4.04. The number of carbonyl (C=O) groups is 1. The fraction of sp³-hybridized carbons (Fsp3) is 0.500. The van der Waals surface area contributed by atoms with Crippen LogP contribution >= 0.6 is 0 Å². The Hall–Kier alpha value is -2.14. The molecule has 2 aliphatic rings. The summed E-state index contributed by atoms with van der Waals surface area (Å²) in [6, 6.07) is 8.20. The topological polar surface area (TPSA) is 54.5 Å². The Morgan fingerprint density at radius 2 is 2.08 bits per heavy atom. The van der Waals surface area contributed by atoms with E-state index < -0.39 is 0 Å². The molecule has 1 saturated heterocycles. The SMILES string of the molecule is O=C(Nc1cccc2cnccc12)N(CC1CCCO1)C1CCCC1. The predicted molar refractivity (Wildman–Crippen MR) is 98.7 cm³/mol. The number of urea groups is 1. The van der Waals surface area contributed by atoms with E-state index in [4.69, 9.17) is 4.74 Å². The summed E-state index contributed by atoms with van der Waals surface area (Å²) in [5.74, 6) is 0. The molecule has 1 atom stereocenters. The number of hydrogen-bond acceptors (Lipinski definition) is 3. The second-order valence-corrected chi connectivity index (χ2v) is 7.06. The van der Waals surface area contributed by atoms with Crippen molar-refractivity contribution in [1.29, 1.82) is 0 Å². The standard InChI is InChI=1S/C20H25N3O2/c24-20(22-19-9-3-5-15-13-21-11-10-18(15)19)23(16-6-1-2-7-16)14-17-8-4-12-25-17/h3,5,9-11,13,16-17H,1-2,4,6-8,12,14H2,(H,22,24). The number of nitrogens with one attached hydrogen (secondary N) is 1. The van der Waals surface area contributed by atoms with Crippen molar-refractivity contribution in [3.63, 3.8) is 0 Å². The molecule has 5 nitrogen and oxygen atoms in total. The van der Waals surface area contributed by atoms with Crippen LogP contribution in [0, 0.1) is 0 Å². The highest BCUT2D eigenvalue weighted by Crippen LogP contribution is 2.27. The van der Waals surface area contributed by atoms with Gasteiger partial charge in [-0.15, -0.1) is 0 Å². The van der Waals surface area contributed by atoms with Gasteiger partial charge in [0.1, 0.15) is 0 Å². The number of benzene rings is 1. The Kier molecular flexibility index (Phi) is 4.83. The molecule has 1 saturated carbocycles. The lowest BCUT2D eigenvalue weighted by molar-refractivity contribution is 0.0729. The summed E-state index contributed by atoms with van der Waals surface area (Å²) < 4.78 is 5.78. The van der Waals surface area contributed by atoms with Crippen LogP contribution in [0.4, 0.5) is 10.5 Å². The predicted octanol–water partition coefficient (Wildman–Crippen LogP) is 4.19. The van der Waals surface area contributed by atoms with Crippen LogP contribution in [0.1, 0.15) is 38.5 Å². The number of pyridine rings is 1. The molecule has 1 aliphatic heterocycles. The van der Waals surface area contributed by atoms with Gasteiger partial charge in [-0.05, 0) is 37.8 Å². The molecule has 2 heterocycles. The van der Waals surface area contributed by atoms with Crippen LogP contribution in [0.25, 0.3) is 10.8 Å². The lowest BCUT2D eigenvalue weighted by atomic mass is 10.1. The number of hydrogen-bond donors (Lipinski definition) is 1. The van der Waals surface area contributed by atoms with Gasteiger partial charge < -0.3 is 15.0 Å². The minimum atomic E-state index is -0.00767. The van der Waals surface area contributed by atoms with E-state index in [-0.39, 0.29) is 12.1 Å². The van der Waals surface area contributed by atoms with Gasteiger partial charge in [0.25, 0.3) is 0 Å². The molecular weight excluding hydrogens is 314 g/mol. The van der Waals surface area contributed by atoms with Crippen molar-refractivity contribution in [2.45, 2.75) is 50.7 Å². The smallest absolute Gasteiger partial charge is 0.322 e. The van der Waals surface area contributed by atoms with E-state index >= 15 is 0 Å². The number of aromatic nitrogens is 1. The molecule has 0 bridgehead atoms. The van der Waals surface area contributed by atoms with E-state index in [1.807, 2.05) is 35.4 Å². The molecule has 132 valence electrons. The lowest BCUT2D eigenvalue weighted by Crippen LogP contribution is -2.45. The normalized spacial score (nSPS) is 20.9. The second kappa shape index (κ2) is 7.40. The van der Waals surface area contributed by atoms with Crippen LogP contribution in [0.3, 0.4) is 0 Å². The summed E-state index contributed by atoms with van der Waals surface area (Å²) in [6.07, 6.45) is 10.5. The monoisotopic (exact) mass is 339 g/mol. The van der Waals surface area contributed by atoms with Crippen LogP contribution in [0.5, 0.6) is 0 Å². The van der Waals surface area contributed by atoms with Gasteiger partial charge in [0.2, 0.25) is 0 Å². The first-order chi connectivity index (χ1) is 12.3. The minimum Gasteiger partial charge on any atom is -0.376 e. The van der Waals surface area contributed by atoms with Crippen molar-refractivity contribution in [1.82, 2.24) is 9.88 Å². The summed E-state index contributed by atoms with van der Waals surface area (Å²) >= 11 is 0. The Morgan fingerprint density at radius 3 is 2.88 bits per heavy atom. The maximum atomic E-state index is 13.1. The number of rotatable bonds is 4. The molecular formula is C20H25N3O2. The summed E-state index contributed by atoms with van der Waals surface area (Å²) in [5, 5.41) is 5.20. The first-order valence-corrected chi connectivity index (χ1v) is 9.33. The molecule has 1 unspecified atom stereocenters. The lowest BCUT2D eigenvalue weighted by Gasteiger charge is -2.31. The Labute approximate surface area is 148 Å². The van der Waals surface area contributed by atoms with Crippen molar-refractivity contribution in [3.05, 3.63) is 36.7 Å². The van der Waals surface area contributed by atoms with Crippen LogP contribution in [-0.4, -0.2) is 41.2 Å². The molecule has 5 heteroatoms. The van der Waals surface area contributed by atoms with Crippen molar-refractivity contribution in [2.24, 2.45) is 0 Å². The molecule has 2 fully saturated rings. The zero-order valence-electron chi connectivity index (χ0n) is 14.5. The zero-order valence-corrected chi connectivity index (χ0v) is 14.5. The largest absolute Gasteiger partial charge is 0.376 e. The quantitative estimate of drug-likeness (QED) is 0.909. The molecule has 2 aromatic rings. The van der Waals surface area contributed by atoms with E-state index in [1.54, 1.807) is 6.20 Å². The van der Waals surface area contributed by atoms with Gasteiger partial charge >= 0.3 is 6.03 Å². The molecule has 1 aromatic heterocycles. The van der Waals surface area contributed by atoms with Gasteiger partial charge in [-0.1, -0.05) is 25.0 Å². The number of carbonyl (C=O) groups excluding carboxylic acids is 1. The Bertz CT molecular complexity index is 731. The van der Waals surface area contributed by atoms with Gasteiger partial charge in [0.15, 0.2) is 0 Å². The summed E-state index contributed by atoms with van der Waals surface area (Å²) in [6.45, 7) is 1.52. The number of nitrogens with zero attached hydrogens (tertiary/aromatic N) is 2. The average Bonchev–Trinajstić information content (AvgIpc) is 3.34. The highest BCUT2D eigenvalue weighted by atomic mass is 16.5. The minimum absolute atomic E-state index is 0.00767. The van der Waals surface area contributed by atoms with Gasteiger partial charge in [-0.25, -0.2) is 4.79 Å². The van der Waals surface area contributed by atoms with Crippen molar-refractivity contribution < 1.29 is 9.53 Å². The van der Waals surface area contributed by atoms with Crippen molar-refractivity contribution >= 4 is 22.5 Å². The average molecular weight is 339 g/mol. The number of amides is 2. The molecule has 2 amide bonds. The van der Waals surface area contributed by atoms with Crippen molar-refractivity contribution in [2.75, 3.05) is 18.5 Å². The molecule has 4 rings (SSSR count). The maximum Gasteiger partial charge on any atom is 0.322 e. The van der Waals surface area contributed by atoms with Crippen molar-refractivity contribution in [3.8, 4) is 0 Å². The van der Waals surface area contributed by atoms with E-state index in [0.29, 0.717) is 12.6 Å². The summed E-state index contributed by atoms with van der Waals surface area (Å²) in [5.41, 5.74) is 0.847. The van der Waals surface area contributed by atoms with Gasteiger partial charge in [-0.2, -0.15) is 0 Å². The van der Waals surface area contributed by atoms with E-state index in [2.05, 4.69) is 10.3 Å². The van der Waals surface area contributed by atoms with Gasteiger partial charge in [0.05, 0.1) is 11.8 Å². The van der Waals surface area contributed by atoms with Gasteiger partial charge in [0, 0.05) is 42.4 Å². The molecule has 0 radical (unpaired) electrons. The number of ether oxygens (including phenoxy) is 1. The first-order valence-electron chi connectivity index (χ1n) is 9.33. The third-order valence-electron chi connectivity index (χ3n) is 5.37. The summed E-state index contributed by atoms with van der Waals surface area (Å²) in [7, 11) is 0. The Balaban J connectivity index is 1.54. The Morgan fingerprint density at radius 1 is 1.20 bits per heavy atom. The molecule has 1 aromatic carbocycles. The summed E-state index contributed by atoms with van der Waals surface area (Å²) in [4.78, 5) is 19.3. The third-order valence-corrected chi connectivity index (χ3v) is 5.37. The van der Waals surface area contributed by atoms with E-state index in [9.17, 15) is 4.79 Å². The van der Waals surface area contributed by atoms with Gasteiger partial charge in [-0.3, -0.25) is 4.98 Å².